The van der Waals surface area contributed by atoms with Gasteiger partial charge in [0.15, 0.2) is 0 Å². The molecule has 0 aliphatic rings. The molecule has 0 bridgehead atoms. The van der Waals surface area contributed by atoms with Crippen molar-refractivity contribution < 1.29 is 0 Å². The molecule has 1 atom stereocenters. The van der Waals surface area contributed by atoms with Crippen molar-refractivity contribution in [2.45, 2.75) is 53.6 Å². The fourth-order valence-corrected chi connectivity index (χ4v) is 1.85. The number of nitrogens with one attached hydrogen (secondary N) is 1. The number of nitrogens with zero attached hydrogens (tertiary/aromatic N) is 1. The summed E-state index contributed by atoms with van der Waals surface area (Å²) in [6.07, 6.45) is 1.18. The van der Waals surface area contributed by atoms with E-state index >= 15 is 0 Å². The Labute approximate surface area is 121 Å². The summed E-state index contributed by atoms with van der Waals surface area (Å²) in [4.78, 5) is 2.41. The first-order chi connectivity index (χ1) is 9.27. The van der Waals surface area contributed by atoms with Crippen LogP contribution in [0.25, 0.3) is 0 Å². The van der Waals surface area contributed by atoms with Crippen molar-refractivity contribution in [3.8, 4) is 0 Å². The average Bonchev–Trinajstić information content (AvgIpc) is 2.49. The Kier molecular flexibility index (Phi) is 16.4. The maximum atomic E-state index is 3.24. The van der Waals surface area contributed by atoms with Crippen LogP contribution in [-0.2, 0) is 6.54 Å². The van der Waals surface area contributed by atoms with E-state index in [0.29, 0.717) is 6.04 Å². The monoisotopic (exact) mass is 266 g/mol. The highest BCUT2D eigenvalue weighted by Gasteiger charge is 2.11. The van der Waals surface area contributed by atoms with Crippen LogP contribution in [0.15, 0.2) is 30.3 Å². The lowest BCUT2D eigenvalue weighted by atomic mass is 10.1. The highest BCUT2D eigenvalue weighted by Crippen LogP contribution is 2.07. The summed E-state index contributed by atoms with van der Waals surface area (Å²) in [5.74, 6) is 0. The van der Waals surface area contributed by atoms with Gasteiger partial charge in [0, 0.05) is 19.1 Å². The van der Waals surface area contributed by atoms with Crippen molar-refractivity contribution in [3.05, 3.63) is 35.9 Å². The third-order valence-electron chi connectivity index (χ3n) is 2.81. The summed E-state index contributed by atoms with van der Waals surface area (Å²) in [6.45, 7) is 12.3. The zero-order valence-electron chi connectivity index (χ0n) is 14.0. The number of hydrogen-bond acceptors (Lipinski definition) is 2. The zero-order valence-corrected chi connectivity index (χ0v) is 14.0. The smallest absolute Gasteiger partial charge is 0.0234 e. The van der Waals surface area contributed by atoms with Crippen molar-refractivity contribution in [2.75, 3.05) is 20.6 Å². The predicted octanol–water partition coefficient (Wildman–Crippen LogP) is 4.17. The van der Waals surface area contributed by atoms with Crippen LogP contribution in [0.1, 0.15) is 46.6 Å². The highest BCUT2D eigenvalue weighted by atomic mass is 15.1. The molecule has 0 aliphatic carbocycles. The molecular formula is C17H34N2. The molecule has 0 heterocycles. The van der Waals surface area contributed by atoms with Gasteiger partial charge in [-0.25, -0.2) is 0 Å². The molecule has 0 radical (unpaired) electrons. The fraction of sp³-hybridized carbons (Fsp3) is 0.647. The quantitative estimate of drug-likeness (QED) is 0.831. The van der Waals surface area contributed by atoms with Crippen molar-refractivity contribution in [1.29, 1.82) is 0 Å². The Bertz CT molecular complexity index is 259. The first-order valence-corrected chi connectivity index (χ1v) is 7.66. The van der Waals surface area contributed by atoms with Gasteiger partial charge in [-0.1, -0.05) is 65.0 Å². The van der Waals surface area contributed by atoms with Gasteiger partial charge in [0.25, 0.3) is 0 Å². The second-order valence-corrected chi connectivity index (χ2v) is 4.02. The highest BCUT2D eigenvalue weighted by molar-refractivity contribution is 5.14. The van der Waals surface area contributed by atoms with Gasteiger partial charge >= 0.3 is 0 Å². The fourth-order valence-electron chi connectivity index (χ4n) is 1.85. The minimum atomic E-state index is 0.621. The summed E-state index contributed by atoms with van der Waals surface area (Å²) >= 11 is 0. The summed E-state index contributed by atoms with van der Waals surface area (Å²) in [5, 5.41) is 3.24. The molecule has 0 aromatic heterocycles. The third-order valence-corrected chi connectivity index (χ3v) is 2.81. The third kappa shape index (κ3) is 9.69. The first kappa shape index (κ1) is 20.5. The molecule has 1 rings (SSSR count). The molecule has 0 aliphatic heterocycles. The molecule has 19 heavy (non-hydrogen) atoms. The maximum absolute atomic E-state index is 3.24. The Hall–Kier alpha value is -0.860. The molecule has 0 spiro atoms. The SMILES string of the molecule is CC.CC.CCC(CNC)N(C)Cc1ccccc1. The summed E-state index contributed by atoms with van der Waals surface area (Å²) in [7, 11) is 4.21. The van der Waals surface area contributed by atoms with Gasteiger partial charge in [0.1, 0.15) is 0 Å². The van der Waals surface area contributed by atoms with Gasteiger partial charge in [0.05, 0.1) is 0 Å². The largest absolute Gasteiger partial charge is 0.318 e. The number of rotatable bonds is 6. The summed E-state index contributed by atoms with van der Waals surface area (Å²) in [6, 6.07) is 11.2. The minimum Gasteiger partial charge on any atom is -0.318 e. The Morgan fingerprint density at radius 1 is 1.05 bits per heavy atom. The van der Waals surface area contributed by atoms with Gasteiger partial charge in [-0.2, -0.15) is 0 Å². The lowest BCUT2D eigenvalue weighted by Gasteiger charge is -2.26. The Morgan fingerprint density at radius 2 is 1.58 bits per heavy atom. The topological polar surface area (TPSA) is 15.3 Å². The van der Waals surface area contributed by atoms with Gasteiger partial charge in [-0.15, -0.1) is 0 Å². The van der Waals surface area contributed by atoms with E-state index in [2.05, 4.69) is 54.5 Å². The molecule has 0 saturated heterocycles. The Balaban J connectivity index is 0. The van der Waals surface area contributed by atoms with Crippen molar-refractivity contribution >= 4 is 0 Å². The first-order valence-electron chi connectivity index (χ1n) is 7.66. The standard InChI is InChI=1S/C13H22N2.2C2H6/c1-4-13(10-14-2)15(3)11-12-8-6-5-7-9-12;2*1-2/h5-9,13-14H,4,10-11H2,1-3H3;2*1-2H3. The van der Waals surface area contributed by atoms with Gasteiger partial charge < -0.3 is 5.32 Å². The summed E-state index contributed by atoms with van der Waals surface area (Å²) in [5.41, 5.74) is 1.38. The van der Waals surface area contributed by atoms with Gasteiger partial charge in [0.2, 0.25) is 0 Å². The minimum absolute atomic E-state index is 0.621. The van der Waals surface area contributed by atoms with Crippen molar-refractivity contribution in [2.24, 2.45) is 0 Å². The van der Waals surface area contributed by atoms with Crippen LogP contribution in [0.3, 0.4) is 0 Å². The number of benzene rings is 1. The van der Waals surface area contributed by atoms with E-state index in [-0.39, 0.29) is 0 Å². The molecule has 0 amide bonds. The van der Waals surface area contributed by atoms with E-state index < -0.39 is 0 Å². The summed E-state index contributed by atoms with van der Waals surface area (Å²) < 4.78 is 0. The lowest BCUT2D eigenvalue weighted by Crippen LogP contribution is -2.38. The molecule has 0 saturated carbocycles. The molecule has 1 aromatic rings. The lowest BCUT2D eigenvalue weighted by molar-refractivity contribution is 0.224. The van der Waals surface area contributed by atoms with Crippen LogP contribution < -0.4 is 5.32 Å². The van der Waals surface area contributed by atoms with Crippen LogP contribution >= 0.6 is 0 Å². The normalized spacial score (nSPS) is 10.9. The van der Waals surface area contributed by atoms with Crippen LogP contribution in [-0.4, -0.2) is 31.6 Å². The predicted molar refractivity (Wildman–Crippen MR) is 88.6 cm³/mol. The second-order valence-electron chi connectivity index (χ2n) is 4.02. The van der Waals surface area contributed by atoms with Gasteiger partial charge in [-0.05, 0) is 26.1 Å². The van der Waals surface area contributed by atoms with Crippen molar-refractivity contribution in [3.63, 3.8) is 0 Å². The zero-order chi connectivity index (χ0) is 15.1. The average molecular weight is 266 g/mol. The van der Waals surface area contributed by atoms with E-state index in [1.54, 1.807) is 0 Å². The maximum Gasteiger partial charge on any atom is 0.0234 e. The molecule has 2 nitrogen and oxygen atoms in total. The van der Waals surface area contributed by atoms with E-state index in [0.717, 1.165) is 13.1 Å². The molecule has 2 heteroatoms. The molecule has 1 N–H and O–H groups in total. The molecular weight excluding hydrogens is 232 g/mol. The van der Waals surface area contributed by atoms with Crippen LogP contribution in [0.2, 0.25) is 0 Å². The molecule has 1 unspecified atom stereocenters. The second kappa shape index (κ2) is 15.2. The van der Waals surface area contributed by atoms with Crippen molar-refractivity contribution in [1.82, 2.24) is 10.2 Å². The van der Waals surface area contributed by atoms with E-state index in [9.17, 15) is 0 Å². The van der Waals surface area contributed by atoms with E-state index in [4.69, 9.17) is 0 Å². The molecule has 112 valence electrons. The van der Waals surface area contributed by atoms with E-state index in [1.807, 2.05) is 34.7 Å². The molecule has 1 aromatic carbocycles. The van der Waals surface area contributed by atoms with Crippen LogP contribution in [0, 0.1) is 0 Å². The number of likely N-dealkylation sites (N-methyl/N-ethyl adjacent to an activating group) is 2. The Morgan fingerprint density at radius 3 is 2.00 bits per heavy atom. The van der Waals surface area contributed by atoms with Crippen LogP contribution in [0.4, 0.5) is 0 Å². The van der Waals surface area contributed by atoms with E-state index in [1.165, 1.54) is 12.0 Å². The number of hydrogen-bond donors (Lipinski definition) is 1. The molecule has 0 fully saturated rings. The van der Waals surface area contributed by atoms with Crippen LogP contribution in [0.5, 0.6) is 0 Å². The van der Waals surface area contributed by atoms with Gasteiger partial charge in [-0.3, -0.25) is 4.90 Å².